The number of aromatic amines is 1. The first-order chi connectivity index (χ1) is 18.3. The number of phenolic OH excluding ortho intramolecular Hbond substituents is 1. The molecular formula is C30H34N4O4. The van der Waals surface area contributed by atoms with Gasteiger partial charge in [-0.3, -0.25) is 9.59 Å². The third-order valence-electron chi connectivity index (χ3n) is 7.71. The summed E-state index contributed by atoms with van der Waals surface area (Å²) in [4.78, 5) is 31.2. The molecule has 0 saturated carbocycles. The van der Waals surface area contributed by atoms with Crippen molar-refractivity contribution in [2.45, 2.75) is 38.6 Å². The third-order valence-corrected chi connectivity index (χ3v) is 7.71. The first-order valence-electron chi connectivity index (χ1n) is 13.1. The van der Waals surface area contributed by atoms with Crippen LogP contribution in [-0.4, -0.2) is 52.9 Å². The zero-order chi connectivity index (χ0) is 26.9. The lowest BCUT2D eigenvalue weighted by Gasteiger charge is -2.47. The molecule has 0 aliphatic carbocycles. The molecule has 0 fully saturated rings. The molecule has 1 aromatic heterocycles. The number of rotatable bonds is 9. The summed E-state index contributed by atoms with van der Waals surface area (Å²) in [5, 5.41) is 14.1. The average molecular weight is 515 g/mol. The second-order valence-corrected chi connectivity index (χ2v) is 10.1. The number of para-hydroxylation sites is 1. The number of ether oxygens (including phenoxy) is 1. The Balaban J connectivity index is 1.37. The standard InChI is InChI=1S/C30H34N4O4/c1-19-15-20(28(37)23-7-3-4-8-26(23)35)17-34-14-11-22-24-16-21(38-18-27(36)32-13-6-5-12-31)9-10-25(24)33-29(22)30(19,34)2/h3-4,7-10,15-17,33,35H,5-6,11-14,18,31H2,1-2H3,(H,32,36)/t30-/m1/s1. The van der Waals surface area contributed by atoms with Gasteiger partial charge in [-0.2, -0.15) is 0 Å². The highest BCUT2D eigenvalue weighted by Gasteiger charge is 2.43. The van der Waals surface area contributed by atoms with Crippen LogP contribution in [0, 0.1) is 0 Å². The van der Waals surface area contributed by atoms with E-state index in [1.54, 1.807) is 18.2 Å². The number of amides is 1. The van der Waals surface area contributed by atoms with Gasteiger partial charge in [0.2, 0.25) is 0 Å². The lowest BCUT2D eigenvalue weighted by molar-refractivity contribution is -0.123. The predicted octanol–water partition coefficient (Wildman–Crippen LogP) is 3.91. The summed E-state index contributed by atoms with van der Waals surface area (Å²) < 4.78 is 5.80. The topological polar surface area (TPSA) is 121 Å². The Morgan fingerprint density at radius 1 is 1.21 bits per heavy atom. The summed E-state index contributed by atoms with van der Waals surface area (Å²) in [7, 11) is 0. The Morgan fingerprint density at radius 3 is 2.82 bits per heavy atom. The van der Waals surface area contributed by atoms with Crippen LogP contribution in [0.3, 0.4) is 0 Å². The van der Waals surface area contributed by atoms with Crippen LogP contribution in [0.15, 0.2) is 65.9 Å². The van der Waals surface area contributed by atoms with E-state index in [4.69, 9.17) is 10.5 Å². The zero-order valence-electron chi connectivity index (χ0n) is 21.8. The molecule has 8 heteroatoms. The van der Waals surface area contributed by atoms with Gasteiger partial charge in [0.1, 0.15) is 11.5 Å². The average Bonchev–Trinajstić information content (AvgIpc) is 3.29. The van der Waals surface area contributed by atoms with Crippen molar-refractivity contribution in [3.63, 3.8) is 0 Å². The van der Waals surface area contributed by atoms with Crippen molar-refractivity contribution in [1.29, 1.82) is 0 Å². The second kappa shape index (κ2) is 10.4. The number of nitrogens with two attached hydrogens (primary N) is 1. The molecule has 2 aliphatic rings. The number of H-pyrrole nitrogens is 1. The lowest BCUT2D eigenvalue weighted by atomic mass is 9.78. The van der Waals surface area contributed by atoms with E-state index in [1.807, 2.05) is 37.4 Å². The molecule has 38 heavy (non-hydrogen) atoms. The Kier molecular flexibility index (Phi) is 6.99. The number of aromatic hydroxyl groups is 1. The third kappa shape index (κ3) is 4.56. The fourth-order valence-electron chi connectivity index (χ4n) is 5.43. The molecule has 1 amide bonds. The van der Waals surface area contributed by atoms with Gasteiger partial charge in [-0.25, -0.2) is 0 Å². The maximum absolute atomic E-state index is 13.2. The van der Waals surface area contributed by atoms with E-state index in [2.05, 4.69) is 22.1 Å². The maximum Gasteiger partial charge on any atom is 0.257 e. The van der Waals surface area contributed by atoms with Gasteiger partial charge >= 0.3 is 0 Å². The van der Waals surface area contributed by atoms with Gasteiger partial charge in [-0.15, -0.1) is 0 Å². The van der Waals surface area contributed by atoms with E-state index in [1.165, 1.54) is 11.6 Å². The Labute approximate surface area is 222 Å². The summed E-state index contributed by atoms with van der Waals surface area (Å²) >= 11 is 0. The number of benzene rings is 2. The van der Waals surface area contributed by atoms with Crippen molar-refractivity contribution in [2.75, 3.05) is 26.2 Å². The van der Waals surface area contributed by atoms with Gasteiger partial charge in [0, 0.05) is 41.5 Å². The monoisotopic (exact) mass is 514 g/mol. The van der Waals surface area contributed by atoms with E-state index in [0.717, 1.165) is 48.0 Å². The first-order valence-corrected chi connectivity index (χ1v) is 13.1. The molecule has 0 radical (unpaired) electrons. The number of hydrogen-bond donors (Lipinski definition) is 4. The molecule has 2 aliphatic heterocycles. The van der Waals surface area contributed by atoms with Crippen LogP contribution >= 0.6 is 0 Å². The molecule has 3 aromatic rings. The van der Waals surface area contributed by atoms with Gasteiger partial charge in [0.15, 0.2) is 12.4 Å². The number of allylic oxidation sites excluding steroid dienone is 2. The fourth-order valence-corrected chi connectivity index (χ4v) is 5.43. The Hall–Kier alpha value is -4.04. The van der Waals surface area contributed by atoms with Crippen LogP contribution < -0.4 is 15.8 Å². The molecule has 8 nitrogen and oxygen atoms in total. The van der Waals surface area contributed by atoms with E-state index in [9.17, 15) is 14.7 Å². The highest BCUT2D eigenvalue weighted by molar-refractivity contribution is 6.12. The minimum absolute atomic E-state index is 0.0172. The number of carbonyl (C=O) groups is 2. The summed E-state index contributed by atoms with van der Waals surface area (Å²) in [6.45, 7) is 6.12. The van der Waals surface area contributed by atoms with Gasteiger partial charge in [0.05, 0.1) is 11.1 Å². The van der Waals surface area contributed by atoms with Crippen molar-refractivity contribution in [1.82, 2.24) is 15.2 Å². The largest absolute Gasteiger partial charge is 0.507 e. The molecule has 0 spiro atoms. The number of ketones is 1. The molecule has 1 atom stereocenters. The van der Waals surface area contributed by atoms with Crippen molar-refractivity contribution in [3.05, 3.63) is 82.7 Å². The number of hydrogen-bond acceptors (Lipinski definition) is 6. The molecule has 0 bridgehead atoms. The Morgan fingerprint density at radius 2 is 2.03 bits per heavy atom. The van der Waals surface area contributed by atoms with Crippen molar-refractivity contribution in [2.24, 2.45) is 5.73 Å². The number of nitrogens with zero attached hydrogens (tertiary/aromatic N) is 1. The van der Waals surface area contributed by atoms with E-state index >= 15 is 0 Å². The first kappa shape index (κ1) is 25.6. The smallest absolute Gasteiger partial charge is 0.257 e. The van der Waals surface area contributed by atoms with Crippen molar-refractivity contribution >= 4 is 22.6 Å². The molecule has 3 heterocycles. The molecular weight excluding hydrogens is 480 g/mol. The van der Waals surface area contributed by atoms with Gasteiger partial charge in [0.25, 0.3) is 5.91 Å². The minimum Gasteiger partial charge on any atom is -0.507 e. The Bertz CT molecular complexity index is 1450. The summed E-state index contributed by atoms with van der Waals surface area (Å²) in [6.07, 6.45) is 6.36. The van der Waals surface area contributed by atoms with E-state index < -0.39 is 5.54 Å². The molecule has 2 aromatic carbocycles. The fraction of sp³-hybridized carbons (Fsp3) is 0.333. The lowest BCUT2D eigenvalue weighted by Crippen LogP contribution is -2.48. The SMILES string of the molecule is CC1=CC(C(=O)c2ccccc2O)=CN2CCc3c([nH]c4ccc(OCC(=O)NCCCCN)cc34)[C@@]12C. The molecule has 198 valence electrons. The van der Waals surface area contributed by atoms with Gasteiger partial charge in [-0.1, -0.05) is 12.1 Å². The van der Waals surface area contributed by atoms with E-state index in [-0.39, 0.29) is 24.0 Å². The highest BCUT2D eigenvalue weighted by atomic mass is 16.5. The van der Waals surface area contributed by atoms with Crippen LogP contribution in [0.25, 0.3) is 10.9 Å². The summed E-state index contributed by atoms with van der Waals surface area (Å²) in [5.74, 6) is 0.286. The van der Waals surface area contributed by atoms with Crippen LogP contribution in [0.1, 0.15) is 48.3 Å². The maximum atomic E-state index is 13.2. The number of unbranched alkanes of at least 4 members (excludes halogenated alkanes) is 1. The van der Waals surface area contributed by atoms with Crippen LogP contribution in [0.5, 0.6) is 11.5 Å². The number of carbonyl (C=O) groups excluding carboxylic acids is 2. The van der Waals surface area contributed by atoms with Gasteiger partial charge in [-0.05, 0) is 87.2 Å². The summed E-state index contributed by atoms with van der Waals surface area (Å²) in [6, 6.07) is 12.5. The minimum atomic E-state index is -0.445. The molecule has 5 N–H and O–H groups in total. The number of nitrogens with one attached hydrogen (secondary N) is 2. The normalized spacial score (nSPS) is 18.3. The summed E-state index contributed by atoms with van der Waals surface area (Å²) in [5.41, 5.74) is 10.2. The quantitative estimate of drug-likeness (QED) is 0.254. The molecule has 0 saturated heterocycles. The molecule has 5 rings (SSSR count). The number of fused-ring (bicyclic) bond motifs is 5. The van der Waals surface area contributed by atoms with Gasteiger partial charge < -0.3 is 30.8 Å². The number of Topliss-reactive ketones (excluding diaryl/α,β-unsaturated/α-hetero) is 1. The molecule has 0 unspecified atom stereocenters. The highest BCUT2D eigenvalue weighted by Crippen LogP contribution is 2.46. The number of phenols is 1. The number of aromatic nitrogens is 1. The van der Waals surface area contributed by atoms with Crippen molar-refractivity contribution < 1.29 is 19.4 Å². The van der Waals surface area contributed by atoms with Crippen LogP contribution in [0.2, 0.25) is 0 Å². The zero-order valence-corrected chi connectivity index (χ0v) is 21.8. The van der Waals surface area contributed by atoms with E-state index in [0.29, 0.717) is 30.0 Å². The van der Waals surface area contributed by atoms with Crippen LogP contribution in [0.4, 0.5) is 0 Å². The second-order valence-electron chi connectivity index (χ2n) is 10.1. The predicted molar refractivity (Wildman–Crippen MR) is 147 cm³/mol. The van der Waals surface area contributed by atoms with Crippen molar-refractivity contribution in [3.8, 4) is 11.5 Å². The van der Waals surface area contributed by atoms with Crippen LogP contribution in [-0.2, 0) is 16.8 Å².